The molecule has 162 valence electrons. The van der Waals surface area contributed by atoms with E-state index >= 15 is 0 Å². The molecule has 0 aliphatic carbocycles. The summed E-state index contributed by atoms with van der Waals surface area (Å²) < 4.78 is 10.9. The molecule has 1 fully saturated rings. The van der Waals surface area contributed by atoms with E-state index in [1.54, 1.807) is 41.4 Å². The molecule has 1 saturated heterocycles. The minimum Gasteiger partial charge on any atom is -0.472 e. The van der Waals surface area contributed by atoms with E-state index in [1.165, 1.54) is 12.0 Å². The van der Waals surface area contributed by atoms with Crippen LogP contribution in [0.2, 0.25) is 0 Å². The second-order valence-electron chi connectivity index (χ2n) is 7.51. The van der Waals surface area contributed by atoms with E-state index < -0.39 is 0 Å². The zero-order valence-corrected chi connectivity index (χ0v) is 17.3. The van der Waals surface area contributed by atoms with Crippen LogP contribution >= 0.6 is 0 Å². The van der Waals surface area contributed by atoms with Crippen molar-refractivity contribution in [3.63, 3.8) is 0 Å². The third-order valence-electron chi connectivity index (χ3n) is 5.46. The molecule has 31 heavy (non-hydrogen) atoms. The lowest BCUT2D eigenvalue weighted by atomic mass is 10.1. The molecule has 1 unspecified atom stereocenters. The first-order valence-electron chi connectivity index (χ1n) is 10.3. The molecule has 2 aliphatic rings. The highest BCUT2D eigenvalue weighted by Gasteiger charge is 2.34. The van der Waals surface area contributed by atoms with Crippen LogP contribution in [0.5, 0.6) is 11.9 Å². The number of hydrogen-bond donors (Lipinski definition) is 0. The van der Waals surface area contributed by atoms with E-state index in [0.717, 1.165) is 12.8 Å². The van der Waals surface area contributed by atoms with Crippen molar-refractivity contribution < 1.29 is 23.9 Å². The highest BCUT2D eigenvalue weighted by Crippen LogP contribution is 2.23. The molecular weight excluding hydrogens is 400 g/mol. The lowest BCUT2D eigenvalue weighted by molar-refractivity contribution is -0.134. The fourth-order valence-corrected chi connectivity index (χ4v) is 3.91. The van der Waals surface area contributed by atoms with Crippen molar-refractivity contribution in [2.45, 2.75) is 31.8 Å². The Kier molecular flexibility index (Phi) is 6.11. The molecule has 0 saturated carbocycles. The van der Waals surface area contributed by atoms with Crippen molar-refractivity contribution in [2.24, 2.45) is 0 Å². The summed E-state index contributed by atoms with van der Waals surface area (Å²) in [5.41, 5.74) is 0.854. The number of hydrogen-bond acceptors (Lipinski definition) is 7. The number of fused-ring (bicyclic) bond motifs is 1. The summed E-state index contributed by atoms with van der Waals surface area (Å²) in [4.78, 5) is 48.6. The van der Waals surface area contributed by atoms with Crippen LogP contribution in [0.3, 0.4) is 0 Å². The Hall–Kier alpha value is -3.49. The first-order chi connectivity index (χ1) is 15.1. The molecule has 3 amide bonds. The third kappa shape index (κ3) is 4.50. The number of amides is 3. The van der Waals surface area contributed by atoms with Gasteiger partial charge < -0.3 is 14.4 Å². The predicted molar refractivity (Wildman–Crippen MR) is 110 cm³/mol. The third-order valence-corrected chi connectivity index (χ3v) is 5.46. The standard InChI is InChI=1S/C22H24N4O5/c1-30-22-23-11-10-18(24-22)31-15-6-4-12-25(14-15)19(27)9-5-13-26-20(28)16-7-2-3-8-17(16)21(26)29/h2-3,7-8,10-11,15H,4-6,9,12-14H2,1H3. The average Bonchev–Trinajstić information content (AvgIpc) is 3.04. The Morgan fingerprint density at radius 1 is 1.16 bits per heavy atom. The smallest absolute Gasteiger partial charge is 0.319 e. The maximum Gasteiger partial charge on any atom is 0.319 e. The fraction of sp³-hybridized carbons (Fsp3) is 0.409. The van der Waals surface area contributed by atoms with E-state index in [1.807, 2.05) is 0 Å². The minimum absolute atomic E-state index is 0.00910. The highest BCUT2D eigenvalue weighted by molar-refractivity contribution is 6.21. The molecule has 1 atom stereocenters. The summed E-state index contributed by atoms with van der Waals surface area (Å²) in [5, 5.41) is 0. The molecule has 9 heteroatoms. The molecule has 0 radical (unpaired) electrons. The molecule has 1 aromatic carbocycles. The summed E-state index contributed by atoms with van der Waals surface area (Å²) >= 11 is 0. The maximum atomic E-state index is 12.7. The van der Waals surface area contributed by atoms with Crippen LogP contribution in [0.4, 0.5) is 0 Å². The van der Waals surface area contributed by atoms with Crippen molar-refractivity contribution >= 4 is 17.7 Å². The number of aromatic nitrogens is 2. The van der Waals surface area contributed by atoms with Crippen molar-refractivity contribution in [3.8, 4) is 11.9 Å². The van der Waals surface area contributed by atoms with Gasteiger partial charge in [-0.05, 0) is 31.4 Å². The zero-order chi connectivity index (χ0) is 21.8. The van der Waals surface area contributed by atoms with Crippen molar-refractivity contribution in [2.75, 3.05) is 26.7 Å². The van der Waals surface area contributed by atoms with Crippen LogP contribution in [-0.2, 0) is 4.79 Å². The number of carbonyl (C=O) groups excluding carboxylic acids is 3. The molecule has 3 heterocycles. The molecule has 2 aliphatic heterocycles. The van der Waals surface area contributed by atoms with Gasteiger partial charge in [0.05, 0.1) is 24.8 Å². The normalized spacial score (nSPS) is 18.2. The van der Waals surface area contributed by atoms with Crippen molar-refractivity contribution in [3.05, 3.63) is 47.7 Å². The fourth-order valence-electron chi connectivity index (χ4n) is 3.91. The van der Waals surface area contributed by atoms with Crippen LogP contribution in [-0.4, -0.2) is 70.3 Å². The number of ether oxygens (including phenoxy) is 2. The Balaban J connectivity index is 1.27. The first kappa shape index (κ1) is 20.8. The van der Waals surface area contributed by atoms with Gasteiger partial charge in [0, 0.05) is 31.8 Å². The van der Waals surface area contributed by atoms with E-state index in [-0.39, 0.29) is 42.8 Å². The molecule has 0 bridgehead atoms. The molecule has 4 rings (SSSR count). The number of benzene rings is 1. The topological polar surface area (TPSA) is 102 Å². The van der Waals surface area contributed by atoms with Gasteiger partial charge in [0.2, 0.25) is 11.8 Å². The van der Waals surface area contributed by atoms with Gasteiger partial charge in [-0.1, -0.05) is 12.1 Å². The Morgan fingerprint density at radius 2 is 1.90 bits per heavy atom. The summed E-state index contributed by atoms with van der Waals surface area (Å²) in [6.45, 7) is 1.36. The second-order valence-corrected chi connectivity index (χ2v) is 7.51. The van der Waals surface area contributed by atoms with E-state index in [0.29, 0.717) is 36.5 Å². The lowest BCUT2D eigenvalue weighted by Crippen LogP contribution is -2.44. The average molecular weight is 424 g/mol. The number of carbonyl (C=O) groups is 3. The summed E-state index contributed by atoms with van der Waals surface area (Å²) in [6, 6.07) is 8.68. The first-order valence-corrected chi connectivity index (χ1v) is 10.3. The monoisotopic (exact) mass is 424 g/mol. The summed E-state index contributed by atoms with van der Waals surface area (Å²) in [6.07, 6.45) is 3.75. The van der Waals surface area contributed by atoms with Gasteiger partial charge in [0.25, 0.3) is 11.8 Å². The maximum absolute atomic E-state index is 12.7. The van der Waals surface area contributed by atoms with Crippen molar-refractivity contribution in [1.29, 1.82) is 0 Å². The second kappa shape index (κ2) is 9.11. The number of methoxy groups -OCH3 is 1. The largest absolute Gasteiger partial charge is 0.472 e. The lowest BCUT2D eigenvalue weighted by Gasteiger charge is -2.32. The Labute approximate surface area is 180 Å². The Bertz CT molecular complexity index is 960. The van der Waals surface area contributed by atoms with Crippen LogP contribution in [0, 0.1) is 0 Å². The van der Waals surface area contributed by atoms with Gasteiger partial charge >= 0.3 is 6.01 Å². The van der Waals surface area contributed by atoms with Gasteiger partial charge in [0.1, 0.15) is 6.10 Å². The van der Waals surface area contributed by atoms with Crippen LogP contribution < -0.4 is 9.47 Å². The number of nitrogens with zero attached hydrogens (tertiary/aromatic N) is 4. The van der Waals surface area contributed by atoms with Gasteiger partial charge in [-0.3, -0.25) is 19.3 Å². The molecule has 9 nitrogen and oxygen atoms in total. The van der Waals surface area contributed by atoms with Crippen molar-refractivity contribution in [1.82, 2.24) is 19.8 Å². The van der Waals surface area contributed by atoms with E-state index in [4.69, 9.17) is 9.47 Å². The quantitative estimate of drug-likeness (QED) is 0.626. The number of imide groups is 1. The summed E-state index contributed by atoms with van der Waals surface area (Å²) in [7, 11) is 1.49. The predicted octanol–water partition coefficient (Wildman–Crippen LogP) is 1.93. The molecule has 1 aromatic heterocycles. The van der Waals surface area contributed by atoms with Gasteiger partial charge in [-0.25, -0.2) is 4.98 Å². The Morgan fingerprint density at radius 3 is 2.61 bits per heavy atom. The number of rotatable bonds is 7. The van der Waals surface area contributed by atoms with Gasteiger partial charge in [0.15, 0.2) is 0 Å². The molecule has 2 aromatic rings. The zero-order valence-electron chi connectivity index (χ0n) is 17.3. The van der Waals surface area contributed by atoms with Gasteiger partial charge in [-0.15, -0.1) is 0 Å². The number of likely N-dealkylation sites (tertiary alicyclic amines) is 1. The molecule has 0 N–H and O–H groups in total. The SMILES string of the molecule is COc1nccc(OC2CCCN(C(=O)CCCN3C(=O)c4ccccc4C3=O)C2)n1. The minimum atomic E-state index is -0.292. The van der Waals surface area contributed by atoms with Crippen LogP contribution in [0.15, 0.2) is 36.5 Å². The number of piperidine rings is 1. The van der Waals surface area contributed by atoms with E-state index in [2.05, 4.69) is 9.97 Å². The van der Waals surface area contributed by atoms with Gasteiger partial charge in [-0.2, -0.15) is 4.98 Å². The van der Waals surface area contributed by atoms with E-state index in [9.17, 15) is 14.4 Å². The molecular formula is C22H24N4O5. The van der Waals surface area contributed by atoms with Crippen LogP contribution in [0.1, 0.15) is 46.4 Å². The van der Waals surface area contributed by atoms with Crippen LogP contribution in [0.25, 0.3) is 0 Å². The molecule has 0 spiro atoms. The summed E-state index contributed by atoms with van der Waals surface area (Å²) in [5.74, 6) is -0.179. The highest BCUT2D eigenvalue weighted by atomic mass is 16.5.